The van der Waals surface area contributed by atoms with Gasteiger partial charge in [-0.05, 0) is 37.3 Å². The largest absolute Gasteiger partial charge is 0.497 e. The highest BCUT2D eigenvalue weighted by molar-refractivity contribution is 6.01. The molecule has 0 amide bonds. The lowest BCUT2D eigenvalue weighted by Crippen LogP contribution is -2.03. The van der Waals surface area contributed by atoms with Crippen LogP contribution in [-0.4, -0.2) is 31.0 Å². The highest BCUT2D eigenvalue weighted by Crippen LogP contribution is 2.25. The number of hydrogen-bond acceptors (Lipinski definition) is 5. The van der Waals surface area contributed by atoms with E-state index in [0.717, 1.165) is 5.56 Å². The molecule has 0 atom stereocenters. The van der Waals surface area contributed by atoms with Gasteiger partial charge in [0.15, 0.2) is 0 Å². The molecule has 0 radical (unpaired) electrons. The third-order valence-electron chi connectivity index (χ3n) is 3.26. The lowest BCUT2D eigenvalue weighted by Gasteiger charge is -2.10. The molecule has 2 N–H and O–H groups in total. The maximum absolute atomic E-state index is 11.0. The number of aromatic carboxylic acids is 1. The van der Waals surface area contributed by atoms with Crippen molar-refractivity contribution in [2.75, 3.05) is 19.6 Å². The van der Waals surface area contributed by atoms with Gasteiger partial charge in [-0.3, -0.25) is 5.43 Å². The molecule has 23 heavy (non-hydrogen) atoms. The molecule has 0 aliphatic carbocycles. The number of ether oxygens (including phenoxy) is 2. The molecule has 2 aromatic rings. The van der Waals surface area contributed by atoms with Crippen LogP contribution in [0, 0.1) is 0 Å². The first-order chi connectivity index (χ1) is 11.0. The van der Waals surface area contributed by atoms with E-state index >= 15 is 0 Å². The van der Waals surface area contributed by atoms with Gasteiger partial charge in [0.25, 0.3) is 0 Å². The number of carboxylic acids is 1. The summed E-state index contributed by atoms with van der Waals surface area (Å²) in [4.78, 5) is 11.0. The summed E-state index contributed by atoms with van der Waals surface area (Å²) in [6, 6.07) is 11.9. The van der Waals surface area contributed by atoms with E-state index in [9.17, 15) is 4.79 Å². The van der Waals surface area contributed by atoms with Crippen molar-refractivity contribution in [1.29, 1.82) is 0 Å². The maximum Gasteiger partial charge on any atom is 0.335 e. The van der Waals surface area contributed by atoms with Gasteiger partial charge in [0, 0.05) is 11.6 Å². The zero-order valence-electron chi connectivity index (χ0n) is 13.2. The van der Waals surface area contributed by atoms with Gasteiger partial charge in [-0.25, -0.2) is 4.79 Å². The molecule has 0 aliphatic heterocycles. The number of anilines is 1. The van der Waals surface area contributed by atoms with E-state index in [0.29, 0.717) is 22.9 Å². The Morgan fingerprint density at radius 3 is 2.57 bits per heavy atom. The number of benzene rings is 2. The third kappa shape index (κ3) is 4.00. The smallest absolute Gasteiger partial charge is 0.335 e. The minimum absolute atomic E-state index is 0.199. The van der Waals surface area contributed by atoms with Crippen LogP contribution in [0.15, 0.2) is 47.6 Å². The zero-order chi connectivity index (χ0) is 16.8. The van der Waals surface area contributed by atoms with Crippen molar-refractivity contribution in [2.24, 2.45) is 5.10 Å². The Labute approximate surface area is 134 Å². The molecule has 120 valence electrons. The quantitative estimate of drug-likeness (QED) is 0.632. The molecule has 0 saturated heterocycles. The van der Waals surface area contributed by atoms with Crippen molar-refractivity contribution in [3.8, 4) is 11.5 Å². The van der Waals surface area contributed by atoms with Crippen molar-refractivity contribution in [1.82, 2.24) is 0 Å². The van der Waals surface area contributed by atoms with E-state index in [1.807, 2.05) is 19.1 Å². The van der Waals surface area contributed by atoms with E-state index in [1.165, 1.54) is 12.1 Å². The van der Waals surface area contributed by atoms with Crippen LogP contribution in [0.25, 0.3) is 0 Å². The minimum atomic E-state index is -0.980. The monoisotopic (exact) mass is 314 g/mol. The fourth-order valence-electron chi connectivity index (χ4n) is 2.03. The second-order valence-corrected chi connectivity index (χ2v) is 4.76. The Morgan fingerprint density at radius 2 is 1.91 bits per heavy atom. The second-order valence-electron chi connectivity index (χ2n) is 4.76. The predicted octanol–water partition coefficient (Wildman–Crippen LogP) is 3.24. The van der Waals surface area contributed by atoms with Crippen LogP contribution in [0.4, 0.5) is 5.69 Å². The summed E-state index contributed by atoms with van der Waals surface area (Å²) in [7, 11) is 3.17. The number of nitrogens with one attached hydrogen (secondary N) is 1. The lowest BCUT2D eigenvalue weighted by atomic mass is 10.1. The minimum Gasteiger partial charge on any atom is -0.497 e. The van der Waals surface area contributed by atoms with E-state index < -0.39 is 5.97 Å². The summed E-state index contributed by atoms with van der Waals surface area (Å²) in [5.41, 5.74) is 5.16. The Kier molecular flexibility index (Phi) is 5.19. The van der Waals surface area contributed by atoms with Gasteiger partial charge in [-0.2, -0.15) is 5.10 Å². The number of methoxy groups -OCH3 is 2. The summed E-state index contributed by atoms with van der Waals surface area (Å²) >= 11 is 0. The van der Waals surface area contributed by atoms with Crippen LogP contribution in [-0.2, 0) is 0 Å². The number of nitrogens with zero attached hydrogens (tertiary/aromatic N) is 1. The summed E-state index contributed by atoms with van der Waals surface area (Å²) in [5.74, 6) is 0.360. The van der Waals surface area contributed by atoms with Gasteiger partial charge in [-0.15, -0.1) is 0 Å². The first-order valence-electron chi connectivity index (χ1n) is 6.91. The van der Waals surface area contributed by atoms with E-state index in [1.54, 1.807) is 32.4 Å². The van der Waals surface area contributed by atoms with Gasteiger partial charge < -0.3 is 14.6 Å². The van der Waals surface area contributed by atoms with Crippen LogP contribution >= 0.6 is 0 Å². The molecule has 0 aliphatic rings. The molecule has 0 saturated carbocycles. The zero-order valence-corrected chi connectivity index (χ0v) is 13.2. The highest BCUT2D eigenvalue weighted by atomic mass is 16.5. The first kappa shape index (κ1) is 16.4. The predicted molar refractivity (Wildman–Crippen MR) is 88.8 cm³/mol. The summed E-state index contributed by atoms with van der Waals surface area (Å²) in [6.07, 6.45) is 0. The molecule has 0 fully saturated rings. The van der Waals surface area contributed by atoms with Crippen LogP contribution in [0.1, 0.15) is 22.8 Å². The SMILES string of the molecule is COc1ccc(C(C)=NNc2cccc(C(=O)O)c2)c(OC)c1. The molecule has 0 aromatic heterocycles. The number of carbonyl (C=O) groups is 1. The van der Waals surface area contributed by atoms with Gasteiger partial charge in [-0.1, -0.05) is 6.07 Å². The van der Waals surface area contributed by atoms with Crippen molar-refractivity contribution in [3.63, 3.8) is 0 Å². The lowest BCUT2D eigenvalue weighted by molar-refractivity contribution is 0.0697. The fraction of sp³-hybridized carbons (Fsp3) is 0.176. The van der Waals surface area contributed by atoms with E-state index in [-0.39, 0.29) is 5.56 Å². The number of carboxylic acid groups (broad SMARTS) is 1. The molecule has 6 heteroatoms. The van der Waals surface area contributed by atoms with Crippen molar-refractivity contribution in [3.05, 3.63) is 53.6 Å². The maximum atomic E-state index is 11.0. The summed E-state index contributed by atoms with van der Waals surface area (Å²) in [6.45, 7) is 1.83. The van der Waals surface area contributed by atoms with Gasteiger partial charge >= 0.3 is 5.97 Å². The number of hydrazone groups is 1. The van der Waals surface area contributed by atoms with Crippen molar-refractivity contribution in [2.45, 2.75) is 6.92 Å². The van der Waals surface area contributed by atoms with Crippen LogP contribution < -0.4 is 14.9 Å². The molecule has 0 heterocycles. The fourth-order valence-corrected chi connectivity index (χ4v) is 2.03. The Bertz CT molecular complexity index is 741. The molecule has 0 unspecified atom stereocenters. The standard InChI is InChI=1S/C17H18N2O4/c1-11(15-8-7-14(22-2)10-16(15)23-3)18-19-13-6-4-5-12(9-13)17(20)21/h4-10,19H,1-3H3,(H,20,21). The van der Waals surface area contributed by atoms with E-state index in [2.05, 4.69) is 10.5 Å². The molecular weight excluding hydrogens is 296 g/mol. The van der Waals surface area contributed by atoms with Crippen LogP contribution in [0.2, 0.25) is 0 Å². The average molecular weight is 314 g/mol. The first-order valence-corrected chi connectivity index (χ1v) is 6.91. The average Bonchev–Trinajstić information content (AvgIpc) is 2.59. The second kappa shape index (κ2) is 7.31. The van der Waals surface area contributed by atoms with Crippen LogP contribution in [0.5, 0.6) is 11.5 Å². The van der Waals surface area contributed by atoms with Gasteiger partial charge in [0.05, 0.1) is 31.2 Å². The Balaban J connectivity index is 2.23. The summed E-state index contributed by atoms with van der Waals surface area (Å²) in [5, 5.41) is 13.3. The topological polar surface area (TPSA) is 80.2 Å². The normalized spacial score (nSPS) is 11.0. The van der Waals surface area contributed by atoms with Gasteiger partial charge in [0.2, 0.25) is 0 Å². The van der Waals surface area contributed by atoms with Crippen molar-refractivity contribution < 1.29 is 19.4 Å². The highest BCUT2D eigenvalue weighted by Gasteiger charge is 2.08. The number of rotatable bonds is 6. The Hall–Kier alpha value is -3.02. The Morgan fingerprint density at radius 1 is 1.13 bits per heavy atom. The molecular formula is C17H18N2O4. The van der Waals surface area contributed by atoms with Crippen LogP contribution in [0.3, 0.4) is 0 Å². The number of hydrogen-bond donors (Lipinski definition) is 2. The third-order valence-corrected chi connectivity index (χ3v) is 3.26. The molecule has 2 rings (SSSR count). The molecule has 0 bridgehead atoms. The molecule has 6 nitrogen and oxygen atoms in total. The molecule has 0 spiro atoms. The molecule has 2 aromatic carbocycles. The van der Waals surface area contributed by atoms with E-state index in [4.69, 9.17) is 14.6 Å². The van der Waals surface area contributed by atoms with Gasteiger partial charge in [0.1, 0.15) is 11.5 Å². The van der Waals surface area contributed by atoms with Crippen molar-refractivity contribution >= 4 is 17.4 Å². The summed E-state index contributed by atoms with van der Waals surface area (Å²) < 4.78 is 10.5.